The summed E-state index contributed by atoms with van der Waals surface area (Å²) in [5.41, 5.74) is 1.08. The molecular weight excluding hydrogens is 313 g/mol. The first-order valence-corrected chi connectivity index (χ1v) is 8.24. The molecule has 1 N–H and O–H groups in total. The van der Waals surface area contributed by atoms with E-state index in [1.165, 1.54) is 30.5 Å². The Kier molecular flexibility index (Phi) is 5.09. The normalized spacial score (nSPS) is 17.0. The van der Waals surface area contributed by atoms with Crippen molar-refractivity contribution in [1.82, 2.24) is 4.90 Å². The van der Waals surface area contributed by atoms with E-state index in [0.717, 1.165) is 19.2 Å². The number of rotatable bonds is 5. The second-order valence-corrected chi connectivity index (χ2v) is 6.13. The van der Waals surface area contributed by atoms with Gasteiger partial charge in [0.1, 0.15) is 0 Å². The van der Waals surface area contributed by atoms with Crippen LogP contribution in [0.2, 0.25) is 0 Å². The highest BCUT2D eigenvalue weighted by Crippen LogP contribution is 2.31. The van der Waals surface area contributed by atoms with Crippen molar-refractivity contribution in [2.75, 3.05) is 25.0 Å². The van der Waals surface area contributed by atoms with Crippen LogP contribution in [0.1, 0.15) is 30.0 Å². The van der Waals surface area contributed by atoms with E-state index in [-0.39, 0.29) is 6.04 Å². The first-order chi connectivity index (χ1) is 11.5. The lowest BCUT2D eigenvalue weighted by atomic mass is 10.1. The summed E-state index contributed by atoms with van der Waals surface area (Å²) in [4.78, 5) is 2.40. The SMILES string of the molecule is FC(F)(F)c1cccc(NCC(c2ccccc2)N2CCCC2)c1. The molecule has 0 aliphatic carbocycles. The van der Waals surface area contributed by atoms with Crippen molar-refractivity contribution in [1.29, 1.82) is 0 Å². The van der Waals surface area contributed by atoms with E-state index in [1.54, 1.807) is 6.07 Å². The molecule has 0 amide bonds. The first kappa shape index (κ1) is 16.8. The van der Waals surface area contributed by atoms with Crippen LogP contribution in [-0.2, 0) is 6.18 Å². The van der Waals surface area contributed by atoms with Gasteiger partial charge in [0.2, 0.25) is 0 Å². The Labute approximate surface area is 140 Å². The Morgan fingerprint density at radius 3 is 2.33 bits per heavy atom. The van der Waals surface area contributed by atoms with Crippen LogP contribution in [0.3, 0.4) is 0 Å². The van der Waals surface area contributed by atoms with Crippen LogP contribution >= 0.6 is 0 Å². The molecule has 0 spiro atoms. The summed E-state index contributed by atoms with van der Waals surface area (Å²) in [5, 5.41) is 3.19. The average Bonchev–Trinajstić information content (AvgIpc) is 3.10. The minimum atomic E-state index is -4.31. The molecule has 1 aliphatic rings. The van der Waals surface area contributed by atoms with E-state index in [2.05, 4.69) is 22.3 Å². The number of hydrogen-bond donors (Lipinski definition) is 1. The Hall–Kier alpha value is -2.01. The zero-order chi connectivity index (χ0) is 17.0. The summed E-state index contributed by atoms with van der Waals surface area (Å²) < 4.78 is 38.5. The lowest BCUT2D eigenvalue weighted by Crippen LogP contribution is -2.31. The van der Waals surface area contributed by atoms with Gasteiger partial charge in [-0.15, -0.1) is 0 Å². The summed E-state index contributed by atoms with van der Waals surface area (Å²) >= 11 is 0. The number of anilines is 1. The number of hydrogen-bond acceptors (Lipinski definition) is 2. The van der Waals surface area contributed by atoms with Crippen LogP contribution in [-0.4, -0.2) is 24.5 Å². The summed E-state index contributed by atoms with van der Waals surface area (Å²) in [5.74, 6) is 0. The summed E-state index contributed by atoms with van der Waals surface area (Å²) in [6, 6.07) is 15.7. The molecule has 2 nitrogen and oxygen atoms in total. The van der Waals surface area contributed by atoms with Crippen LogP contribution in [0.5, 0.6) is 0 Å². The minimum absolute atomic E-state index is 0.170. The van der Waals surface area contributed by atoms with E-state index < -0.39 is 11.7 Å². The zero-order valence-corrected chi connectivity index (χ0v) is 13.4. The van der Waals surface area contributed by atoms with Crippen LogP contribution in [0.4, 0.5) is 18.9 Å². The molecule has 0 radical (unpaired) electrons. The third-order valence-electron chi connectivity index (χ3n) is 4.46. The van der Waals surface area contributed by atoms with Crippen molar-refractivity contribution >= 4 is 5.69 Å². The third kappa shape index (κ3) is 4.09. The van der Waals surface area contributed by atoms with Crippen molar-refractivity contribution in [2.24, 2.45) is 0 Å². The van der Waals surface area contributed by atoms with Gasteiger partial charge in [0.15, 0.2) is 0 Å². The highest BCUT2D eigenvalue weighted by atomic mass is 19.4. The summed E-state index contributed by atoms with van der Waals surface area (Å²) in [6.45, 7) is 2.65. The second kappa shape index (κ2) is 7.26. The molecule has 0 bridgehead atoms. The molecule has 1 atom stereocenters. The maximum absolute atomic E-state index is 12.8. The maximum atomic E-state index is 12.8. The average molecular weight is 334 g/mol. The molecule has 1 saturated heterocycles. The molecule has 24 heavy (non-hydrogen) atoms. The van der Waals surface area contributed by atoms with Crippen LogP contribution in [0, 0.1) is 0 Å². The summed E-state index contributed by atoms with van der Waals surface area (Å²) in [7, 11) is 0. The van der Waals surface area contributed by atoms with Gasteiger partial charge in [-0.3, -0.25) is 4.90 Å². The van der Waals surface area contributed by atoms with E-state index in [0.29, 0.717) is 12.2 Å². The molecule has 5 heteroatoms. The van der Waals surface area contributed by atoms with Gasteiger partial charge in [0.05, 0.1) is 11.6 Å². The van der Waals surface area contributed by atoms with Gasteiger partial charge in [-0.25, -0.2) is 0 Å². The summed E-state index contributed by atoms with van der Waals surface area (Å²) in [6.07, 6.45) is -1.97. The monoisotopic (exact) mass is 334 g/mol. The standard InChI is InChI=1S/C19H21F3N2/c20-19(21,22)16-9-6-10-17(13-16)23-14-18(24-11-4-5-12-24)15-7-2-1-3-8-15/h1-3,6-10,13,18,23H,4-5,11-12,14H2. The van der Waals surface area contributed by atoms with Crippen LogP contribution < -0.4 is 5.32 Å². The molecular formula is C19H21F3N2. The van der Waals surface area contributed by atoms with Crippen molar-refractivity contribution in [2.45, 2.75) is 25.1 Å². The number of alkyl halides is 3. The van der Waals surface area contributed by atoms with Gasteiger partial charge >= 0.3 is 6.18 Å². The molecule has 0 saturated carbocycles. The van der Waals surface area contributed by atoms with Gasteiger partial charge in [-0.05, 0) is 49.7 Å². The molecule has 128 valence electrons. The molecule has 0 aromatic heterocycles. The highest BCUT2D eigenvalue weighted by Gasteiger charge is 2.30. The number of benzene rings is 2. The maximum Gasteiger partial charge on any atom is 0.416 e. The Bertz CT molecular complexity index is 649. The largest absolute Gasteiger partial charge is 0.416 e. The smallest absolute Gasteiger partial charge is 0.383 e. The van der Waals surface area contributed by atoms with Gasteiger partial charge in [-0.2, -0.15) is 13.2 Å². The number of halogens is 3. The van der Waals surface area contributed by atoms with E-state index in [9.17, 15) is 13.2 Å². The van der Waals surface area contributed by atoms with Crippen molar-refractivity contribution < 1.29 is 13.2 Å². The molecule has 1 unspecified atom stereocenters. The predicted octanol–water partition coefficient (Wildman–Crippen LogP) is 4.95. The molecule has 1 heterocycles. The highest BCUT2D eigenvalue weighted by molar-refractivity contribution is 5.47. The number of likely N-dealkylation sites (tertiary alicyclic amines) is 1. The van der Waals surface area contributed by atoms with Crippen molar-refractivity contribution in [3.8, 4) is 0 Å². The van der Waals surface area contributed by atoms with Crippen molar-refractivity contribution in [3.05, 3.63) is 65.7 Å². The van der Waals surface area contributed by atoms with Gasteiger partial charge < -0.3 is 5.32 Å². The first-order valence-electron chi connectivity index (χ1n) is 8.24. The molecule has 2 aromatic rings. The minimum Gasteiger partial charge on any atom is -0.383 e. The molecule has 2 aromatic carbocycles. The molecule has 3 rings (SSSR count). The molecule has 1 fully saturated rings. The Morgan fingerprint density at radius 1 is 0.958 bits per heavy atom. The second-order valence-electron chi connectivity index (χ2n) is 6.13. The van der Waals surface area contributed by atoms with Gasteiger partial charge in [0, 0.05) is 12.2 Å². The van der Waals surface area contributed by atoms with Gasteiger partial charge in [-0.1, -0.05) is 36.4 Å². The number of nitrogens with zero attached hydrogens (tertiary/aromatic N) is 1. The predicted molar refractivity (Wildman–Crippen MR) is 89.9 cm³/mol. The Morgan fingerprint density at radius 2 is 1.67 bits per heavy atom. The Balaban J connectivity index is 1.74. The van der Waals surface area contributed by atoms with E-state index in [1.807, 2.05) is 18.2 Å². The fourth-order valence-electron chi connectivity index (χ4n) is 3.21. The van der Waals surface area contributed by atoms with Gasteiger partial charge in [0.25, 0.3) is 0 Å². The van der Waals surface area contributed by atoms with Crippen LogP contribution in [0.25, 0.3) is 0 Å². The fourth-order valence-corrected chi connectivity index (χ4v) is 3.21. The topological polar surface area (TPSA) is 15.3 Å². The fraction of sp³-hybridized carbons (Fsp3) is 0.368. The lowest BCUT2D eigenvalue weighted by Gasteiger charge is -2.28. The number of nitrogens with one attached hydrogen (secondary N) is 1. The lowest BCUT2D eigenvalue weighted by molar-refractivity contribution is -0.137. The van der Waals surface area contributed by atoms with Crippen molar-refractivity contribution in [3.63, 3.8) is 0 Å². The van der Waals surface area contributed by atoms with Crippen LogP contribution in [0.15, 0.2) is 54.6 Å². The molecule has 1 aliphatic heterocycles. The van der Waals surface area contributed by atoms with E-state index in [4.69, 9.17) is 0 Å². The third-order valence-corrected chi connectivity index (χ3v) is 4.46. The van der Waals surface area contributed by atoms with E-state index >= 15 is 0 Å². The quantitative estimate of drug-likeness (QED) is 0.832. The zero-order valence-electron chi connectivity index (χ0n) is 13.4.